The van der Waals surface area contributed by atoms with Gasteiger partial charge in [-0.15, -0.1) is 0 Å². The van der Waals surface area contributed by atoms with Gasteiger partial charge < -0.3 is 4.43 Å². The van der Waals surface area contributed by atoms with Gasteiger partial charge in [-0.3, -0.25) is 0 Å². The summed E-state index contributed by atoms with van der Waals surface area (Å²) in [6.07, 6.45) is 0. The topological polar surface area (TPSA) is 9.23 Å². The number of aryl methyl sites for hydroxylation is 1. The second-order valence-electron chi connectivity index (χ2n) is 6.45. The van der Waals surface area contributed by atoms with E-state index in [-0.39, 0.29) is 5.75 Å². The first-order chi connectivity index (χ1) is 9.12. The molecule has 0 N–H and O–H groups in total. The van der Waals surface area contributed by atoms with Gasteiger partial charge in [-0.1, -0.05) is 41.5 Å². The smallest absolute Gasteiger partial charge is 0.258 e. The molecular weight excluding hydrogens is 274 g/mol. The van der Waals surface area contributed by atoms with E-state index in [0.29, 0.717) is 22.2 Å². The molecule has 0 spiro atoms. The monoisotopic (exact) mass is 300 g/mol. The molecule has 1 aromatic carbocycles. The van der Waals surface area contributed by atoms with E-state index >= 15 is 0 Å². The molecule has 20 heavy (non-hydrogen) atoms. The average molecular weight is 300 g/mol. The van der Waals surface area contributed by atoms with Crippen molar-refractivity contribution in [2.75, 3.05) is 0 Å². The summed E-state index contributed by atoms with van der Waals surface area (Å²) >= 11 is 0. The molecule has 0 saturated heterocycles. The predicted molar refractivity (Wildman–Crippen MR) is 82.8 cm³/mol. The van der Waals surface area contributed by atoms with E-state index in [4.69, 9.17) is 4.43 Å². The first-order valence-electron chi connectivity index (χ1n) is 7.27. The summed E-state index contributed by atoms with van der Waals surface area (Å²) in [6.45, 7) is 14.5. The van der Waals surface area contributed by atoms with E-state index in [1.165, 1.54) is 6.07 Å². The van der Waals surface area contributed by atoms with Gasteiger partial charge in [0.25, 0.3) is 8.32 Å². The fourth-order valence-electron chi connectivity index (χ4n) is 3.25. The van der Waals surface area contributed by atoms with Crippen LogP contribution in [0.1, 0.15) is 47.1 Å². The van der Waals surface area contributed by atoms with Crippen LogP contribution in [-0.4, -0.2) is 8.32 Å². The lowest BCUT2D eigenvalue weighted by Gasteiger charge is -2.42. The van der Waals surface area contributed by atoms with Gasteiger partial charge in [-0.2, -0.15) is 0 Å². The maximum atomic E-state index is 14.0. The average Bonchev–Trinajstić information content (AvgIpc) is 2.30. The van der Waals surface area contributed by atoms with Crippen LogP contribution in [0.5, 0.6) is 5.75 Å². The molecule has 0 aliphatic carbocycles. The summed E-state index contributed by atoms with van der Waals surface area (Å²) in [5.74, 6) is -0.931. The fraction of sp³-hybridized carbons (Fsp3) is 0.625. The van der Waals surface area contributed by atoms with Crippen molar-refractivity contribution in [3.05, 3.63) is 29.3 Å². The van der Waals surface area contributed by atoms with Gasteiger partial charge in [-0.05, 0) is 35.2 Å². The van der Waals surface area contributed by atoms with Crippen molar-refractivity contribution in [2.24, 2.45) is 0 Å². The molecule has 1 rings (SSSR count). The SMILES string of the molecule is Cc1cc(O[Si](C(C)C)(C(C)C)C(C)C)c(F)cc1F. The molecule has 1 nitrogen and oxygen atoms in total. The Morgan fingerprint density at radius 1 is 0.850 bits per heavy atom. The lowest BCUT2D eigenvalue weighted by atomic mass is 10.2. The van der Waals surface area contributed by atoms with Gasteiger partial charge in [0.1, 0.15) is 11.6 Å². The number of hydrogen-bond donors (Lipinski definition) is 0. The third-order valence-corrected chi connectivity index (χ3v) is 10.2. The Kier molecular flexibility index (Phi) is 5.36. The maximum Gasteiger partial charge on any atom is 0.258 e. The van der Waals surface area contributed by atoms with Crippen LogP contribution in [0.25, 0.3) is 0 Å². The highest BCUT2D eigenvalue weighted by molar-refractivity contribution is 6.78. The standard InChI is InChI=1S/C16H26F2OSi/c1-10(2)20(11(3)4,12(5)6)19-16-8-13(7)14(17)9-15(16)18/h8-12H,1-7H3. The fourth-order valence-corrected chi connectivity index (χ4v) is 8.50. The Hall–Kier alpha value is -0.903. The van der Waals surface area contributed by atoms with Gasteiger partial charge in [-0.25, -0.2) is 8.78 Å². The van der Waals surface area contributed by atoms with Gasteiger partial charge in [0.2, 0.25) is 0 Å². The van der Waals surface area contributed by atoms with Crippen LogP contribution in [0, 0.1) is 18.6 Å². The number of rotatable bonds is 5. The molecule has 1 aromatic rings. The lowest BCUT2D eigenvalue weighted by molar-refractivity contribution is 0.441. The van der Waals surface area contributed by atoms with Gasteiger partial charge in [0.05, 0.1) is 0 Å². The zero-order chi connectivity index (χ0) is 15.7. The molecule has 0 radical (unpaired) electrons. The summed E-state index contributed by atoms with van der Waals surface area (Å²) in [5, 5.41) is 0. The molecule has 0 aliphatic heterocycles. The molecule has 4 heteroatoms. The Labute approximate surface area is 122 Å². The summed E-state index contributed by atoms with van der Waals surface area (Å²) in [4.78, 5) is 0. The Balaban J connectivity index is 3.30. The Bertz CT molecular complexity index is 448. The predicted octanol–water partition coefficient (Wildman–Crippen LogP) is 5.83. The molecule has 0 atom stereocenters. The van der Waals surface area contributed by atoms with Crippen LogP contribution < -0.4 is 4.43 Å². The summed E-state index contributed by atoms with van der Waals surface area (Å²) < 4.78 is 33.6. The van der Waals surface area contributed by atoms with Crippen molar-refractivity contribution in [1.82, 2.24) is 0 Å². The van der Waals surface area contributed by atoms with Crippen LogP contribution in [-0.2, 0) is 0 Å². The Morgan fingerprint density at radius 2 is 1.30 bits per heavy atom. The van der Waals surface area contributed by atoms with Crippen molar-refractivity contribution >= 4 is 8.32 Å². The van der Waals surface area contributed by atoms with E-state index in [1.807, 2.05) is 0 Å². The van der Waals surface area contributed by atoms with Gasteiger partial charge in [0.15, 0.2) is 5.82 Å². The van der Waals surface area contributed by atoms with Crippen molar-refractivity contribution in [3.63, 3.8) is 0 Å². The van der Waals surface area contributed by atoms with Crippen molar-refractivity contribution < 1.29 is 13.2 Å². The third-order valence-electron chi connectivity index (χ3n) is 4.21. The zero-order valence-electron chi connectivity index (χ0n) is 13.6. The molecule has 0 aromatic heterocycles. The third kappa shape index (κ3) is 3.05. The molecule has 114 valence electrons. The van der Waals surface area contributed by atoms with Gasteiger partial charge >= 0.3 is 0 Å². The molecule has 0 fully saturated rings. The van der Waals surface area contributed by atoms with Crippen LogP contribution in [0.3, 0.4) is 0 Å². The minimum Gasteiger partial charge on any atom is -0.541 e. The highest BCUT2D eigenvalue weighted by Crippen LogP contribution is 2.43. The molecule has 0 amide bonds. The quantitative estimate of drug-likeness (QED) is 0.622. The van der Waals surface area contributed by atoms with Crippen LogP contribution in [0.2, 0.25) is 16.6 Å². The molecule has 0 heterocycles. The van der Waals surface area contributed by atoms with Crippen molar-refractivity contribution in [3.8, 4) is 5.75 Å². The van der Waals surface area contributed by atoms with Crippen molar-refractivity contribution in [2.45, 2.75) is 65.1 Å². The Morgan fingerprint density at radius 3 is 1.70 bits per heavy atom. The summed E-state index contributed by atoms with van der Waals surface area (Å²) in [7, 11) is -2.20. The van der Waals surface area contributed by atoms with Gasteiger partial charge in [0, 0.05) is 6.07 Å². The molecule has 0 bridgehead atoms. The largest absolute Gasteiger partial charge is 0.541 e. The zero-order valence-corrected chi connectivity index (χ0v) is 14.6. The minimum atomic E-state index is -2.20. The summed E-state index contributed by atoms with van der Waals surface area (Å²) in [5.41, 5.74) is 1.48. The highest BCUT2D eigenvalue weighted by atomic mass is 28.4. The lowest BCUT2D eigenvalue weighted by Crippen LogP contribution is -2.50. The van der Waals surface area contributed by atoms with Crippen molar-refractivity contribution in [1.29, 1.82) is 0 Å². The first-order valence-corrected chi connectivity index (χ1v) is 9.41. The molecule has 0 aliphatic rings. The van der Waals surface area contributed by atoms with Crippen LogP contribution in [0.4, 0.5) is 8.78 Å². The number of hydrogen-bond acceptors (Lipinski definition) is 1. The normalized spacial score (nSPS) is 12.6. The molecular formula is C16H26F2OSi. The maximum absolute atomic E-state index is 14.0. The number of halogens is 2. The molecule has 0 unspecified atom stereocenters. The van der Waals surface area contributed by atoms with Crippen LogP contribution >= 0.6 is 0 Å². The van der Waals surface area contributed by atoms with E-state index in [2.05, 4.69) is 41.5 Å². The second kappa shape index (κ2) is 6.25. The highest BCUT2D eigenvalue weighted by Gasteiger charge is 2.47. The van der Waals surface area contributed by atoms with E-state index in [1.54, 1.807) is 6.92 Å². The first kappa shape index (κ1) is 17.1. The minimum absolute atomic E-state index is 0.201. The summed E-state index contributed by atoms with van der Waals surface area (Å²) in [6, 6.07) is 2.41. The van der Waals surface area contributed by atoms with Crippen LogP contribution in [0.15, 0.2) is 12.1 Å². The van der Waals surface area contributed by atoms with E-state index in [9.17, 15) is 8.78 Å². The van der Waals surface area contributed by atoms with E-state index < -0.39 is 20.0 Å². The molecule has 0 saturated carbocycles. The second-order valence-corrected chi connectivity index (χ2v) is 11.8. The number of benzene rings is 1. The van der Waals surface area contributed by atoms with E-state index in [0.717, 1.165) is 6.07 Å².